The Kier molecular flexibility index (Phi) is 4.58. The molecule has 0 bridgehead atoms. The Hall–Kier alpha value is -1.53. The molecule has 5 nitrogen and oxygen atoms in total. The standard InChI is InChI=1S/C14H17ClN2O3S/c1-4-14-16-10(3)9-17(14)21(18,19)11-6-7-12(15)13(8-11)20-5-2/h6-9H,4-5H2,1-3H3. The Morgan fingerprint density at radius 3 is 2.67 bits per heavy atom. The second-order valence-corrected chi connectivity index (χ2v) is 6.70. The number of imidazole rings is 1. The van der Waals surface area contributed by atoms with Gasteiger partial charge in [0.2, 0.25) is 0 Å². The number of benzene rings is 1. The first-order valence-corrected chi connectivity index (χ1v) is 8.44. The SMILES string of the molecule is CCOc1cc(S(=O)(=O)n2cc(C)nc2CC)ccc1Cl. The monoisotopic (exact) mass is 328 g/mol. The van der Waals surface area contributed by atoms with Gasteiger partial charge in [-0.15, -0.1) is 0 Å². The Morgan fingerprint density at radius 2 is 2.05 bits per heavy atom. The molecule has 0 fully saturated rings. The quantitative estimate of drug-likeness (QED) is 0.846. The average Bonchev–Trinajstić information content (AvgIpc) is 2.83. The van der Waals surface area contributed by atoms with Gasteiger partial charge in [0, 0.05) is 18.7 Å². The molecule has 114 valence electrons. The molecule has 0 atom stereocenters. The van der Waals surface area contributed by atoms with E-state index in [2.05, 4.69) is 4.98 Å². The third-order valence-corrected chi connectivity index (χ3v) is 4.94. The van der Waals surface area contributed by atoms with Crippen molar-refractivity contribution in [3.05, 3.63) is 40.9 Å². The summed E-state index contributed by atoms with van der Waals surface area (Å²) < 4.78 is 32.0. The van der Waals surface area contributed by atoms with Gasteiger partial charge in [0.05, 0.1) is 22.2 Å². The van der Waals surface area contributed by atoms with Gasteiger partial charge in [-0.3, -0.25) is 0 Å². The van der Waals surface area contributed by atoms with E-state index in [0.717, 1.165) is 0 Å². The molecular formula is C14H17ClN2O3S. The molecule has 0 unspecified atom stereocenters. The molecule has 0 saturated carbocycles. The molecule has 2 aromatic rings. The highest BCUT2D eigenvalue weighted by Gasteiger charge is 2.22. The molecule has 0 radical (unpaired) electrons. The van der Waals surface area contributed by atoms with Gasteiger partial charge in [-0.2, -0.15) is 0 Å². The summed E-state index contributed by atoms with van der Waals surface area (Å²) in [5, 5.41) is 0.383. The smallest absolute Gasteiger partial charge is 0.269 e. The van der Waals surface area contributed by atoms with E-state index < -0.39 is 10.0 Å². The molecule has 1 aromatic heterocycles. The molecule has 0 aliphatic carbocycles. The summed E-state index contributed by atoms with van der Waals surface area (Å²) >= 11 is 5.99. The second kappa shape index (κ2) is 6.07. The van der Waals surface area contributed by atoms with Crippen LogP contribution in [-0.4, -0.2) is 24.0 Å². The molecule has 2 rings (SSSR count). The summed E-state index contributed by atoms with van der Waals surface area (Å²) in [5.74, 6) is 0.857. The van der Waals surface area contributed by atoms with Gasteiger partial charge in [-0.05, 0) is 26.0 Å². The van der Waals surface area contributed by atoms with E-state index in [-0.39, 0.29) is 4.90 Å². The normalized spacial score (nSPS) is 11.6. The van der Waals surface area contributed by atoms with E-state index in [4.69, 9.17) is 16.3 Å². The lowest BCUT2D eigenvalue weighted by Crippen LogP contribution is -2.15. The lowest BCUT2D eigenvalue weighted by atomic mass is 10.3. The first kappa shape index (κ1) is 15.9. The van der Waals surface area contributed by atoms with E-state index in [0.29, 0.717) is 35.3 Å². The second-order valence-electron chi connectivity index (χ2n) is 4.48. The summed E-state index contributed by atoms with van der Waals surface area (Å²) in [6.45, 7) is 5.85. The van der Waals surface area contributed by atoms with Crippen molar-refractivity contribution in [2.75, 3.05) is 6.61 Å². The van der Waals surface area contributed by atoms with Gasteiger partial charge < -0.3 is 4.74 Å². The van der Waals surface area contributed by atoms with Crippen LogP contribution in [0.2, 0.25) is 5.02 Å². The van der Waals surface area contributed by atoms with Crippen LogP contribution in [0.3, 0.4) is 0 Å². The highest BCUT2D eigenvalue weighted by molar-refractivity contribution is 7.90. The van der Waals surface area contributed by atoms with E-state index in [1.807, 2.05) is 13.8 Å². The van der Waals surface area contributed by atoms with Gasteiger partial charge in [-0.1, -0.05) is 18.5 Å². The average molecular weight is 329 g/mol. The lowest BCUT2D eigenvalue weighted by Gasteiger charge is -2.11. The minimum absolute atomic E-state index is 0.127. The maximum atomic E-state index is 12.7. The van der Waals surface area contributed by atoms with Crippen molar-refractivity contribution in [3.63, 3.8) is 0 Å². The Morgan fingerprint density at radius 1 is 1.33 bits per heavy atom. The van der Waals surface area contributed by atoms with Crippen LogP contribution in [0.1, 0.15) is 25.4 Å². The van der Waals surface area contributed by atoms with Crippen molar-refractivity contribution in [2.45, 2.75) is 32.1 Å². The maximum absolute atomic E-state index is 12.7. The summed E-state index contributed by atoms with van der Waals surface area (Å²) in [7, 11) is -3.70. The number of ether oxygens (including phenoxy) is 1. The predicted octanol–water partition coefficient (Wildman–Crippen LogP) is 3.04. The van der Waals surface area contributed by atoms with Gasteiger partial charge >= 0.3 is 0 Å². The topological polar surface area (TPSA) is 61.2 Å². The van der Waals surface area contributed by atoms with Gasteiger partial charge in [-0.25, -0.2) is 17.4 Å². The van der Waals surface area contributed by atoms with Crippen LogP contribution in [0.15, 0.2) is 29.3 Å². The zero-order valence-corrected chi connectivity index (χ0v) is 13.7. The number of nitrogens with zero attached hydrogens (tertiary/aromatic N) is 2. The Bertz CT molecular complexity index is 754. The highest BCUT2D eigenvalue weighted by Crippen LogP contribution is 2.29. The summed E-state index contributed by atoms with van der Waals surface area (Å²) in [6, 6.07) is 4.43. The molecule has 1 heterocycles. The number of aryl methyl sites for hydroxylation is 2. The minimum atomic E-state index is -3.70. The number of halogens is 1. The van der Waals surface area contributed by atoms with Crippen molar-refractivity contribution in [2.24, 2.45) is 0 Å². The number of hydrogen-bond donors (Lipinski definition) is 0. The third kappa shape index (κ3) is 3.06. The Balaban J connectivity index is 2.56. The molecule has 7 heteroatoms. The zero-order chi connectivity index (χ0) is 15.6. The molecule has 0 amide bonds. The number of rotatable bonds is 5. The van der Waals surface area contributed by atoms with Crippen molar-refractivity contribution in [1.29, 1.82) is 0 Å². The fraction of sp³-hybridized carbons (Fsp3) is 0.357. The van der Waals surface area contributed by atoms with Crippen LogP contribution >= 0.6 is 11.6 Å². The minimum Gasteiger partial charge on any atom is -0.492 e. The van der Waals surface area contributed by atoms with Crippen molar-refractivity contribution < 1.29 is 13.2 Å². The van der Waals surface area contributed by atoms with E-state index in [1.165, 1.54) is 28.4 Å². The number of aromatic nitrogens is 2. The molecule has 0 spiro atoms. The maximum Gasteiger partial charge on any atom is 0.269 e. The Labute approximate surface area is 129 Å². The van der Waals surface area contributed by atoms with Crippen molar-refractivity contribution in [1.82, 2.24) is 8.96 Å². The fourth-order valence-corrected chi connectivity index (χ4v) is 3.63. The van der Waals surface area contributed by atoms with Crippen LogP contribution in [0.25, 0.3) is 0 Å². The van der Waals surface area contributed by atoms with Crippen LogP contribution in [0.5, 0.6) is 5.75 Å². The van der Waals surface area contributed by atoms with E-state index >= 15 is 0 Å². The molecule has 0 aliphatic heterocycles. The fourth-order valence-electron chi connectivity index (χ4n) is 1.99. The zero-order valence-electron chi connectivity index (χ0n) is 12.1. The van der Waals surface area contributed by atoms with E-state index in [9.17, 15) is 8.42 Å². The molecule has 21 heavy (non-hydrogen) atoms. The molecule has 1 aromatic carbocycles. The summed E-state index contributed by atoms with van der Waals surface area (Å²) in [4.78, 5) is 4.35. The molecule has 0 saturated heterocycles. The van der Waals surface area contributed by atoms with Gasteiger partial charge in [0.25, 0.3) is 10.0 Å². The molecule has 0 N–H and O–H groups in total. The van der Waals surface area contributed by atoms with Crippen LogP contribution in [-0.2, 0) is 16.4 Å². The molecular weight excluding hydrogens is 312 g/mol. The van der Waals surface area contributed by atoms with Gasteiger partial charge in [0.1, 0.15) is 11.6 Å². The van der Waals surface area contributed by atoms with Gasteiger partial charge in [0.15, 0.2) is 0 Å². The lowest BCUT2D eigenvalue weighted by molar-refractivity contribution is 0.339. The predicted molar refractivity (Wildman–Crippen MR) is 81.5 cm³/mol. The van der Waals surface area contributed by atoms with Crippen molar-refractivity contribution in [3.8, 4) is 5.75 Å². The summed E-state index contributed by atoms with van der Waals surface area (Å²) in [6.07, 6.45) is 2.04. The highest BCUT2D eigenvalue weighted by atomic mass is 35.5. The third-order valence-electron chi connectivity index (χ3n) is 2.94. The number of hydrogen-bond acceptors (Lipinski definition) is 4. The first-order valence-electron chi connectivity index (χ1n) is 6.63. The van der Waals surface area contributed by atoms with Crippen LogP contribution < -0.4 is 4.74 Å². The van der Waals surface area contributed by atoms with E-state index in [1.54, 1.807) is 6.92 Å². The largest absolute Gasteiger partial charge is 0.492 e. The van der Waals surface area contributed by atoms with Crippen LogP contribution in [0, 0.1) is 6.92 Å². The first-order chi connectivity index (χ1) is 9.90. The van der Waals surface area contributed by atoms with Crippen LogP contribution in [0.4, 0.5) is 0 Å². The van der Waals surface area contributed by atoms with Crippen molar-refractivity contribution >= 4 is 21.6 Å². The summed E-state index contributed by atoms with van der Waals surface area (Å²) in [5.41, 5.74) is 0.662. The molecule has 0 aliphatic rings.